The highest BCUT2D eigenvalue weighted by Crippen LogP contribution is 2.21. The molecule has 1 aromatic rings. The first kappa shape index (κ1) is 14.2. The van der Waals surface area contributed by atoms with Gasteiger partial charge in [0, 0.05) is 18.5 Å². The number of nitrogens with zero attached hydrogens (tertiary/aromatic N) is 1. The molecule has 1 N–H and O–H groups in total. The van der Waals surface area contributed by atoms with Gasteiger partial charge in [0.2, 0.25) is 5.91 Å². The minimum atomic E-state index is -0.738. The van der Waals surface area contributed by atoms with Crippen molar-refractivity contribution in [2.24, 2.45) is 5.92 Å². The Labute approximate surface area is 107 Å². The monoisotopic (exact) mass is 248 g/mol. The molecule has 0 bridgehead atoms. The van der Waals surface area contributed by atoms with E-state index in [4.69, 9.17) is 5.26 Å². The molecule has 0 spiro atoms. The fraction of sp³-hybridized carbons (Fsp3) is 0.429. The first-order chi connectivity index (χ1) is 8.54. The predicted octanol–water partition coefficient (Wildman–Crippen LogP) is 2.60. The zero-order valence-electron chi connectivity index (χ0n) is 10.6. The molecule has 3 nitrogen and oxygen atoms in total. The summed E-state index contributed by atoms with van der Waals surface area (Å²) in [5.41, 5.74) is 0.277. The molecule has 1 rings (SSSR count). The van der Waals surface area contributed by atoms with Gasteiger partial charge in [-0.05, 0) is 12.0 Å². The van der Waals surface area contributed by atoms with Gasteiger partial charge >= 0.3 is 0 Å². The maximum atomic E-state index is 13.5. The van der Waals surface area contributed by atoms with Crippen LogP contribution in [0.2, 0.25) is 0 Å². The Morgan fingerprint density at radius 1 is 1.44 bits per heavy atom. The second-order valence-electron chi connectivity index (χ2n) is 4.61. The number of nitriles is 1. The van der Waals surface area contributed by atoms with Crippen LogP contribution < -0.4 is 5.32 Å². The van der Waals surface area contributed by atoms with Crippen molar-refractivity contribution in [3.05, 3.63) is 35.6 Å². The first-order valence-corrected chi connectivity index (χ1v) is 5.95. The lowest BCUT2D eigenvalue weighted by molar-refractivity contribution is -0.121. The van der Waals surface area contributed by atoms with Gasteiger partial charge in [0.15, 0.2) is 0 Å². The lowest BCUT2D eigenvalue weighted by Crippen LogP contribution is -2.28. The van der Waals surface area contributed by atoms with E-state index in [9.17, 15) is 9.18 Å². The first-order valence-electron chi connectivity index (χ1n) is 5.95. The zero-order valence-corrected chi connectivity index (χ0v) is 10.6. The van der Waals surface area contributed by atoms with Crippen LogP contribution >= 0.6 is 0 Å². The number of carbonyl (C=O) groups is 1. The van der Waals surface area contributed by atoms with Crippen LogP contribution in [0.15, 0.2) is 24.3 Å². The van der Waals surface area contributed by atoms with Gasteiger partial charge in [0.25, 0.3) is 0 Å². The fourth-order valence-corrected chi connectivity index (χ4v) is 1.56. The Morgan fingerprint density at radius 2 is 2.11 bits per heavy atom. The van der Waals surface area contributed by atoms with E-state index in [1.54, 1.807) is 18.2 Å². The standard InChI is InChI=1S/C14H17FN2O/c1-10(2)9-17-14(18)7-11(8-16)12-5-3-4-6-13(12)15/h3-6,10-11H,7,9H2,1-2H3,(H,17,18). The highest BCUT2D eigenvalue weighted by Gasteiger charge is 2.18. The molecule has 0 radical (unpaired) electrons. The highest BCUT2D eigenvalue weighted by molar-refractivity contribution is 5.77. The van der Waals surface area contributed by atoms with Crippen molar-refractivity contribution in [1.29, 1.82) is 5.26 Å². The van der Waals surface area contributed by atoms with E-state index in [-0.39, 0.29) is 17.9 Å². The quantitative estimate of drug-likeness (QED) is 0.870. The van der Waals surface area contributed by atoms with Gasteiger partial charge in [0.1, 0.15) is 5.82 Å². The summed E-state index contributed by atoms with van der Waals surface area (Å²) in [7, 11) is 0. The Bertz CT molecular complexity index is 451. The summed E-state index contributed by atoms with van der Waals surface area (Å²) in [6.07, 6.45) is -0.00977. The van der Waals surface area contributed by atoms with E-state index in [1.165, 1.54) is 6.07 Å². The van der Waals surface area contributed by atoms with Crippen molar-refractivity contribution in [2.75, 3.05) is 6.54 Å². The lowest BCUT2D eigenvalue weighted by Gasteiger charge is -2.11. The lowest BCUT2D eigenvalue weighted by atomic mass is 9.96. The van der Waals surface area contributed by atoms with Crippen molar-refractivity contribution in [3.8, 4) is 6.07 Å². The number of carbonyl (C=O) groups excluding carboxylic acids is 1. The van der Waals surface area contributed by atoms with Crippen LogP contribution in [0.4, 0.5) is 4.39 Å². The van der Waals surface area contributed by atoms with Gasteiger partial charge in [0.05, 0.1) is 12.0 Å². The summed E-state index contributed by atoms with van der Waals surface area (Å²) in [5, 5.41) is 11.8. The molecule has 0 aliphatic carbocycles. The van der Waals surface area contributed by atoms with Gasteiger partial charge in [-0.25, -0.2) is 4.39 Å². The number of hydrogen-bond acceptors (Lipinski definition) is 2. The van der Waals surface area contributed by atoms with Gasteiger partial charge in [-0.3, -0.25) is 4.79 Å². The van der Waals surface area contributed by atoms with Crippen LogP contribution in [0.3, 0.4) is 0 Å². The van der Waals surface area contributed by atoms with Gasteiger partial charge in [-0.2, -0.15) is 5.26 Å². The molecular weight excluding hydrogens is 231 g/mol. The topological polar surface area (TPSA) is 52.9 Å². The average Bonchev–Trinajstić information content (AvgIpc) is 2.34. The number of benzene rings is 1. The van der Waals surface area contributed by atoms with E-state index in [2.05, 4.69) is 5.32 Å². The molecule has 1 amide bonds. The molecule has 0 aromatic heterocycles. The van der Waals surface area contributed by atoms with Crippen molar-refractivity contribution >= 4 is 5.91 Å². The van der Waals surface area contributed by atoms with Crippen LogP contribution in [0.1, 0.15) is 31.7 Å². The van der Waals surface area contributed by atoms with Gasteiger partial charge in [-0.15, -0.1) is 0 Å². The molecule has 1 atom stereocenters. The Morgan fingerprint density at radius 3 is 2.67 bits per heavy atom. The zero-order chi connectivity index (χ0) is 13.5. The summed E-state index contributed by atoms with van der Waals surface area (Å²) < 4.78 is 13.5. The van der Waals surface area contributed by atoms with Crippen LogP contribution in [0.5, 0.6) is 0 Å². The highest BCUT2D eigenvalue weighted by atomic mass is 19.1. The SMILES string of the molecule is CC(C)CNC(=O)CC(C#N)c1ccccc1F. The largest absolute Gasteiger partial charge is 0.356 e. The van der Waals surface area contributed by atoms with Crippen molar-refractivity contribution in [3.63, 3.8) is 0 Å². The van der Waals surface area contributed by atoms with Crippen molar-refractivity contribution in [2.45, 2.75) is 26.2 Å². The third-order valence-electron chi connectivity index (χ3n) is 2.53. The number of nitrogens with one attached hydrogen (secondary N) is 1. The molecule has 1 aromatic carbocycles. The molecule has 18 heavy (non-hydrogen) atoms. The summed E-state index contributed by atoms with van der Waals surface area (Å²) in [6.45, 7) is 4.53. The molecule has 4 heteroatoms. The molecular formula is C14H17FN2O. The van der Waals surface area contributed by atoms with Crippen LogP contribution in [-0.2, 0) is 4.79 Å². The molecule has 0 saturated carbocycles. The number of rotatable bonds is 5. The minimum absolute atomic E-state index is 0.00977. The average molecular weight is 248 g/mol. The smallest absolute Gasteiger partial charge is 0.221 e. The number of halogens is 1. The van der Waals surface area contributed by atoms with Crippen molar-refractivity contribution in [1.82, 2.24) is 5.32 Å². The molecule has 96 valence electrons. The van der Waals surface area contributed by atoms with Gasteiger partial charge < -0.3 is 5.32 Å². The van der Waals surface area contributed by atoms with Crippen LogP contribution in [0.25, 0.3) is 0 Å². The summed E-state index contributed by atoms with van der Waals surface area (Å²) in [4.78, 5) is 11.6. The minimum Gasteiger partial charge on any atom is -0.356 e. The Balaban J connectivity index is 2.66. The number of hydrogen-bond donors (Lipinski definition) is 1. The van der Waals surface area contributed by atoms with E-state index in [0.717, 1.165) is 0 Å². The molecule has 0 heterocycles. The third kappa shape index (κ3) is 4.17. The summed E-state index contributed by atoms with van der Waals surface area (Å²) >= 11 is 0. The van der Waals surface area contributed by atoms with E-state index in [0.29, 0.717) is 12.5 Å². The van der Waals surface area contributed by atoms with E-state index >= 15 is 0 Å². The normalized spacial score (nSPS) is 11.9. The number of amides is 1. The van der Waals surface area contributed by atoms with Crippen molar-refractivity contribution < 1.29 is 9.18 Å². The van der Waals surface area contributed by atoms with E-state index < -0.39 is 11.7 Å². The van der Waals surface area contributed by atoms with E-state index in [1.807, 2.05) is 19.9 Å². The van der Waals surface area contributed by atoms with Crippen LogP contribution in [0, 0.1) is 23.1 Å². The summed E-state index contributed by atoms with van der Waals surface area (Å²) in [6, 6.07) is 8.04. The molecule has 0 aliphatic heterocycles. The predicted molar refractivity (Wildman–Crippen MR) is 67.2 cm³/mol. The van der Waals surface area contributed by atoms with Crippen LogP contribution in [-0.4, -0.2) is 12.5 Å². The maximum absolute atomic E-state index is 13.5. The molecule has 0 aliphatic rings. The second kappa shape index (κ2) is 6.75. The fourth-order valence-electron chi connectivity index (χ4n) is 1.56. The molecule has 1 unspecified atom stereocenters. The molecule has 0 saturated heterocycles. The Hall–Kier alpha value is -1.89. The maximum Gasteiger partial charge on any atom is 0.221 e. The second-order valence-corrected chi connectivity index (χ2v) is 4.61. The Kier molecular flexibility index (Phi) is 5.31. The van der Waals surface area contributed by atoms with Gasteiger partial charge in [-0.1, -0.05) is 32.0 Å². The third-order valence-corrected chi connectivity index (χ3v) is 2.53. The summed E-state index contributed by atoms with van der Waals surface area (Å²) in [5.74, 6) is -1.06. The molecule has 0 fully saturated rings.